The van der Waals surface area contributed by atoms with E-state index in [2.05, 4.69) is 26.0 Å². The zero-order valence-corrected chi connectivity index (χ0v) is 29.0. The third-order valence-electron chi connectivity index (χ3n) is 8.74. The standard InChI is InChI=1S/C39H74O4/c1-3-5-7-9-11-13-15-17-19-20-22-24-26-28-30-33-37(34-32-35-38(40)41)43-39(42)36-31-29-27-25-23-21-18-16-14-12-10-8-6-4-2/h14,16,37H,3-13,15,17-36H2,1-2H3,(H,40,41)/b16-14-. The number of carboxylic acids is 1. The van der Waals surface area contributed by atoms with Gasteiger partial charge in [-0.25, -0.2) is 0 Å². The number of hydrogen-bond acceptors (Lipinski definition) is 3. The number of hydrogen-bond donors (Lipinski definition) is 1. The monoisotopic (exact) mass is 607 g/mol. The molecule has 0 saturated heterocycles. The molecule has 0 aromatic rings. The summed E-state index contributed by atoms with van der Waals surface area (Å²) in [6, 6.07) is 0. The largest absolute Gasteiger partial charge is 0.481 e. The summed E-state index contributed by atoms with van der Waals surface area (Å²) in [6.07, 6.45) is 42.2. The molecule has 0 amide bonds. The average Bonchev–Trinajstić information content (AvgIpc) is 2.99. The minimum Gasteiger partial charge on any atom is -0.481 e. The molecule has 0 aliphatic heterocycles. The molecule has 0 fully saturated rings. The van der Waals surface area contributed by atoms with Crippen molar-refractivity contribution >= 4 is 11.9 Å². The lowest BCUT2D eigenvalue weighted by atomic mass is 10.0. The summed E-state index contributed by atoms with van der Waals surface area (Å²) in [5, 5.41) is 9.01. The van der Waals surface area contributed by atoms with E-state index in [4.69, 9.17) is 9.84 Å². The van der Waals surface area contributed by atoms with Crippen LogP contribution in [0.5, 0.6) is 0 Å². The van der Waals surface area contributed by atoms with Crippen LogP contribution in [0.25, 0.3) is 0 Å². The molecule has 0 saturated carbocycles. The molecule has 0 bridgehead atoms. The summed E-state index contributed by atoms with van der Waals surface area (Å²) in [7, 11) is 0. The number of carbonyl (C=O) groups excluding carboxylic acids is 1. The van der Waals surface area contributed by atoms with Gasteiger partial charge in [0.25, 0.3) is 0 Å². The van der Waals surface area contributed by atoms with Crippen LogP contribution in [-0.2, 0) is 14.3 Å². The van der Waals surface area contributed by atoms with E-state index in [0.717, 1.165) is 25.7 Å². The van der Waals surface area contributed by atoms with Gasteiger partial charge in [0.15, 0.2) is 0 Å². The third kappa shape index (κ3) is 35.0. The van der Waals surface area contributed by atoms with Gasteiger partial charge in [0.1, 0.15) is 6.10 Å². The highest BCUT2D eigenvalue weighted by molar-refractivity contribution is 5.69. The van der Waals surface area contributed by atoms with Crippen LogP contribution in [0, 0.1) is 0 Å². The lowest BCUT2D eigenvalue weighted by molar-refractivity contribution is -0.150. The molecule has 0 heterocycles. The SMILES string of the molecule is CCCCCC/C=C\CCCCCCCCC(=O)OC(CCCCCCCCCCCCCCCCC)CCCC(=O)O. The fourth-order valence-corrected chi connectivity index (χ4v) is 5.89. The van der Waals surface area contributed by atoms with Crippen LogP contribution in [0.1, 0.15) is 219 Å². The van der Waals surface area contributed by atoms with Gasteiger partial charge >= 0.3 is 11.9 Å². The smallest absolute Gasteiger partial charge is 0.306 e. The van der Waals surface area contributed by atoms with Crippen LogP contribution in [-0.4, -0.2) is 23.1 Å². The van der Waals surface area contributed by atoms with Crippen molar-refractivity contribution in [3.63, 3.8) is 0 Å². The minimum atomic E-state index is -0.768. The Balaban J connectivity index is 3.81. The number of rotatable bonds is 35. The Kier molecular flexibility index (Phi) is 34.1. The predicted molar refractivity (Wildman–Crippen MR) is 186 cm³/mol. The van der Waals surface area contributed by atoms with Gasteiger partial charge in [0, 0.05) is 12.8 Å². The van der Waals surface area contributed by atoms with Gasteiger partial charge in [-0.3, -0.25) is 9.59 Å². The first kappa shape index (κ1) is 41.7. The summed E-state index contributed by atoms with van der Waals surface area (Å²) < 4.78 is 5.83. The van der Waals surface area contributed by atoms with Crippen molar-refractivity contribution < 1.29 is 19.4 Å². The highest BCUT2D eigenvalue weighted by Crippen LogP contribution is 2.18. The van der Waals surface area contributed by atoms with E-state index in [0.29, 0.717) is 19.3 Å². The fourth-order valence-electron chi connectivity index (χ4n) is 5.89. The zero-order valence-electron chi connectivity index (χ0n) is 29.0. The molecule has 0 aromatic heterocycles. The van der Waals surface area contributed by atoms with Crippen LogP contribution in [0.3, 0.4) is 0 Å². The molecule has 4 nitrogen and oxygen atoms in total. The van der Waals surface area contributed by atoms with E-state index < -0.39 is 5.97 Å². The third-order valence-corrected chi connectivity index (χ3v) is 8.74. The van der Waals surface area contributed by atoms with E-state index >= 15 is 0 Å². The second kappa shape index (κ2) is 35.2. The number of carbonyl (C=O) groups is 2. The van der Waals surface area contributed by atoms with Crippen molar-refractivity contribution in [1.29, 1.82) is 0 Å². The molecule has 4 heteroatoms. The lowest BCUT2D eigenvalue weighted by Crippen LogP contribution is -2.18. The molecular formula is C39H74O4. The molecule has 0 radical (unpaired) electrons. The van der Waals surface area contributed by atoms with Crippen LogP contribution in [0.4, 0.5) is 0 Å². The summed E-state index contributed by atoms with van der Waals surface area (Å²) in [5.74, 6) is -0.860. The molecule has 0 aromatic carbocycles. The number of unbranched alkanes of at least 4 members (excludes halogenated alkanes) is 24. The average molecular weight is 607 g/mol. The Morgan fingerprint density at radius 3 is 1.33 bits per heavy atom. The Labute approximate surface area is 268 Å². The predicted octanol–water partition coefficient (Wildman–Crippen LogP) is 13.1. The van der Waals surface area contributed by atoms with Crippen molar-refractivity contribution in [3.05, 3.63) is 12.2 Å². The fraction of sp³-hybridized carbons (Fsp3) is 0.897. The summed E-state index contributed by atoms with van der Waals surface area (Å²) >= 11 is 0. The van der Waals surface area contributed by atoms with Gasteiger partial charge in [0.2, 0.25) is 0 Å². The summed E-state index contributed by atoms with van der Waals surface area (Å²) in [4.78, 5) is 23.4. The molecule has 1 atom stereocenters. The van der Waals surface area contributed by atoms with Gasteiger partial charge in [-0.2, -0.15) is 0 Å². The molecule has 0 aliphatic rings. The number of ether oxygens (including phenoxy) is 1. The Morgan fingerprint density at radius 1 is 0.488 bits per heavy atom. The van der Waals surface area contributed by atoms with Crippen molar-refractivity contribution in [2.45, 2.75) is 225 Å². The van der Waals surface area contributed by atoms with Crippen LogP contribution < -0.4 is 0 Å². The molecule has 43 heavy (non-hydrogen) atoms. The summed E-state index contributed by atoms with van der Waals surface area (Å²) in [5.41, 5.74) is 0. The van der Waals surface area contributed by atoms with Crippen LogP contribution in [0.2, 0.25) is 0 Å². The molecule has 0 aliphatic carbocycles. The lowest BCUT2D eigenvalue weighted by Gasteiger charge is -2.18. The van der Waals surface area contributed by atoms with Gasteiger partial charge in [-0.15, -0.1) is 0 Å². The quantitative estimate of drug-likeness (QED) is 0.0443. The van der Waals surface area contributed by atoms with Crippen molar-refractivity contribution in [1.82, 2.24) is 0 Å². The Bertz CT molecular complexity index is 614. The number of esters is 1. The van der Waals surface area contributed by atoms with E-state index in [1.54, 1.807) is 0 Å². The van der Waals surface area contributed by atoms with Crippen molar-refractivity contribution in [2.24, 2.45) is 0 Å². The summed E-state index contributed by atoms with van der Waals surface area (Å²) in [6.45, 7) is 4.53. The maximum atomic E-state index is 12.5. The highest BCUT2D eigenvalue weighted by atomic mass is 16.5. The highest BCUT2D eigenvalue weighted by Gasteiger charge is 2.15. The van der Waals surface area contributed by atoms with Gasteiger partial charge in [-0.05, 0) is 57.8 Å². The van der Waals surface area contributed by atoms with E-state index in [1.165, 1.54) is 154 Å². The van der Waals surface area contributed by atoms with Crippen LogP contribution in [0.15, 0.2) is 12.2 Å². The molecule has 0 spiro atoms. The first-order valence-corrected chi connectivity index (χ1v) is 19.2. The molecular weight excluding hydrogens is 532 g/mol. The zero-order chi connectivity index (χ0) is 31.5. The van der Waals surface area contributed by atoms with Crippen molar-refractivity contribution in [2.75, 3.05) is 0 Å². The van der Waals surface area contributed by atoms with E-state index in [1.807, 2.05) is 0 Å². The van der Waals surface area contributed by atoms with Crippen molar-refractivity contribution in [3.8, 4) is 0 Å². The van der Waals surface area contributed by atoms with Gasteiger partial charge in [-0.1, -0.05) is 161 Å². The number of aliphatic carboxylic acids is 1. The Morgan fingerprint density at radius 2 is 0.860 bits per heavy atom. The molecule has 1 unspecified atom stereocenters. The second-order valence-electron chi connectivity index (χ2n) is 13.1. The van der Waals surface area contributed by atoms with E-state index in [-0.39, 0.29) is 18.5 Å². The van der Waals surface area contributed by atoms with E-state index in [9.17, 15) is 9.59 Å². The van der Waals surface area contributed by atoms with Crippen LogP contribution >= 0.6 is 0 Å². The van der Waals surface area contributed by atoms with Gasteiger partial charge < -0.3 is 9.84 Å². The molecule has 0 rings (SSSR count). The maximum Gasteiger partial charge on any atom is 0.306 e. The Hall–Kier alpha value is -1.32. The maximum absolute atomic E-state index is 12.5. The molecule has 254 valence electrons. The topological polar surface area (TPSA) is 63.6 Å². The first-order chi connectivity index (χ1) is 21.1. The number of allylic oxidation sites excluding steroid dienone is 2. The minimum absolute atomic E-state index is 0.0923. The van der Waals surface area contributed by atoms with Gasteiger partial charge in [0.05, 0.1) is 0 Å². The second-order valence-corrected chi connectivity index (χ2v) is 13.1. The molecule has 1 N–H and O–H groups in total. The number of carboxylic acid groups (broad SMARTS) is 1. The normalized spacial score (nSPS) is 12.2. The first-order valence-electron chi connectivity index (χ1n) is 19.2.